The van der Waals surface area contributed by atoms with Crippen molar-refractivity contribution in [2.24, 2.45) is 5.92 Å². The molecule has 1 N–H and O–H groups in total. The van der Waals surface area contributed by atoms with Gasteiger partial charge >= 0.3 is 0 Å². The van der Waals surface area contributed by atoms with Crippen LogP contribution in [0.3, 0.4) is 0 Å². The topological polar surface area (TPSA) is 55.4 Å². The predicted molar refractivity (Wildman–Crippen MR) is 79.4 cm³/mol. The largest absolute Gasteiger partial charge is 0.369 e. The van der Waals surface area contributed by atoms with E-state index in [1.165, 1.54) is 12.5 Å². The zero-order chi connectivity index (χ0) is 15.1. The molecule has 0 bridgehead atoms. The highest BCUT2D eigenvalue weighted by molar-refractivity contribution is 5.73. The van der Waals surface area contributed by atoms with E-state index < -0.39 is 0 Å². The minimum atomic E-state index is -0.137. The number of carbonyl (C=O) groups is 2. The Morgan fingerprint density at radius 2 is 2.15 bits per heavy atom. The maximum Gasteiger partial charge on any atom is 0.217 e. The van der Waals surface area contributed by atoms with Crippen molar-refractivity contribution in [3.05, 3.63) is 11.6 Å². The summed E-state index contributed by atoms with van der Waals surface area (Å²) in [6.45, 7) is 7.77. The van der Waals surface area contributed by atoms with Crippen LogP contribution < -0.4 is 5.32 Å². The number of allylic oxidation sites excluding steroid dienone is 1. The second kappa shape index (κ2) is 8.20. The molecule has 20 heavy (non-hydrogen) atoms. The lowest BCUT2D eigenvalue weighted by molar-refractivity contribution is -0.122. The van der Waals surface area contributed by atoms with Gasteiger partial charge < -0.3 is 14.8 Å². The summed E-state index contributed by atoms with van der Waals surface area (Å²) < 4.78 is 6.14. The predicted octanol–water partition coefficient (Wildman–Crippen LogP) is 2.62. The van der Waals surface area contributed by atoms with Gasteiger partial charge in [-0.3, -0.25) is 4.79 Å². The number of rotatable bonds is 7. The van der Waals surface area contributed by atoms with E-state index in [2.05, 4.69) is 32.2 Å². The van der Waals surface area contributed by atoms with Crippen molar-refractivity contribution >= 4 is 12.2 Å². The first-order valence-electron chi connectivity index (χ1n) is 7.55. The third-order valence-electron chi connectivity index (χ3n) is 3.92. The van der Waals surface area contributed by atoms with E-state index in [1.807, 2.05) is 0 Å². The van der Waals surface area contributed by atoms with Crippen LogP contribution in [0.15, 0.2) is 11.6 Å². The minimum absolute atomic E-state index is 0.0722. The second-order valence-electron chi connectivity index (χ2n) is 5.65. The molecular formula is C16H27NO3. The van der Waals surface area contributed by atoms with Gasteiger partial charge in [0.1, 0.15) is 6.29 Å². The first kappa shape index (κ1) is 16.9. The lowest BCUT2D eigenvalue weighted by atomic mass is 9.81. The SMILES string of the molecule is CCC(CC)O[C@@H]1C=C(C)C[C@H](CC=O)[C@H]1NC(C)=O. The zero-order valence-corrected chi connectivity index (χ0v) is 13.0. The molecule has 0 aliphatic heterocycles. The quantitative estimate of drug-likeness (QED) is 0.576. The zero-order valence-electron chi connectivity index (χ0n) is 13.0. The summed E-state index contributed by atoms with van der Waals surface area (Å²) in [6, 6.07) is -0.109. The maximum absolute atomic E-state index is 11.4. The van der Waals surface area contributed by atoms with Crippen molar-refractivity contribution in [2.45, 2.75) is 71.6 Å². The summed E-state index contributed by atoms with van der Waals surface area (Å²) in [5.41, 5.74) is 1.23. The normalized spacial score (nSPS) is 26.2. The van der Waals surface area contributed by atoms with E-state index >= 15 is 0 Å². The third-order valence-corrected chi connectivity index (χ3v) is 3.92. The molecule has 3 atom stereocenters. The van der Waals surface area contributed by atoms with Gasteiger partial charge in [0.15, 0.2) is 0 Å². The molecule has 0 radical (unpaired) electrons. The summed E-state index contributed by atoms with van der Waals surface area (Å²) >= 11 is 0. The Kier molecular flexibility index (Phi) is 6.93. The van der Waals surface area contributed by atoms with Crippen LogP contribution in [-0.4, -0.2) is 30.4 Å². The van der Waals surface area contributed by atoms with Crippen LogP contribution in [0, 0.1) is 5.92 Å². The number of hydrogen-bond acceptors (Lipinski definition) is 3. The molecule has 1 aliphatic carbocycles. The fourth-order valence-electron chi connectivity index (χ4n) is 2.88. The third kappa shape index (κ3) is 4.75. The van der Waals surface area contributed by atoms with Crippen LogP contribution >= 0.6 is 0 Å². The Hall–Kier alpha value is -1.16. The van der Waals surface area contributed by atoms with Crippen molar-refractivity contribution in [2.75, 3.05) is 0 Å². The molecule has 0 aromatic heterocycles. The highest BCUT2D eigenvalue weighted by Crippen LogP contribution is 2.29. The lowest BCUT2D eigenvalue weighted by Gasteiger charge is -2.37. The molecule has 0 saturated carbocycles. The Labute approximate surface area is 122 Å². The lowest BCUT2D eigenvalue weighted by Crippen LogP contribution is -2.50. The van der Waals surface area contributed by atoms with Crippen molar-refractivity contribution < 1.29 is 14.3 Å². The van der Waals surface area contributed by atoms with Crippen LogP contribution in [0.25, 0.3) is 0 Å². The Morgan fingerprint density at radius 1 is 1.50 bits per heavy atom. The van der Waals surface area contributed by atoms with Crippen LogP contribution in [0.2, 0.25) is 0 Å². The van der Waals surface area contributed by atoms with Crippen LogP contribution in [0.1, 0.15) is 53.4 Å². The molecule has 0 fully saturated rings. The molecule has 4 heteroatoms. The average molecular weight is 281 g/mol. The van der Waals surface area contributed by atoms with E-state index in [9.17, 15) is 9.59 Å². The molecule has 1 rings (SSSR count). The van der Waals surface area contributed by atoms with E-state index in [1.54, 1.807) is 0 Å². The molecule has 114 valence electrons. The molecule has 0 saturated heterocycles. The molecule has 0 heterocycles. The van der Waals surface area contributed by atoms with Gasteiger partial charge in [-0.15, -0.1) is 0 Å². The highest BCUT2D eigenvalue weighted by atomic mass is 16.5. The number of carbonyl (C=O) groups excluding carboxylic acids is 2. The first-order valence-corrected chi connectivity index (χ1v) is 7.55. The summed E-state index contributed by atoms with van der Waals surface area (Å²) in [6.07, 6.45) is 6.28. The molecule has 0 unspecified atom stereocenters. The van der Waals surface area contributed by atoms with Crippen molar-refractivity contribution in [3.63, 3.8) is 0 Å². The number of amides is 1. The van der Waals surface area contributed by atoms with Gasteiger partial charge in [0.25, 0.3) is 0 Å². The van der Waals surface area contributed by atoms with Gasteiger partial charge in [-0.1, -0.05) is 25.5 Å². The molecule has 1 amide bonds. The smallest absolute Gasteiger partial charge is 0.217 e. The number of nitrogens with one attached hydrogen (secondary N) is 1. The van der Waals surface area contributed by atoms with Gasteiger partial charge in [-0.25, -0.2) is 0 Å². The number of ether oxygens (including phenoxy) is 1. The summed E-state index contributed by atoms with van der Waals surface area (Å²) in [5, 5.41) is 2.97. The molecule has 4 nitrogen and oxygen atoms in total. The van der Waals surface area contributed by atoms with Crippen LogP contribution in [-0.2, 0) is 14.3 Å². The highest BCUT2D eigenvalue weighted by Gasteiger charge is 2.34. The van der Waals surface area contributed by atoms with Gasteiger partial charge in [-0.2, -0.15) is 0 Å². The van der Waals surface area contributed by atoms with Crippen molar-refractivity contribution in [3.8, 4) is 0 Å². The Balaban J connectivity index is 2.91. The Morgan fingerprint density at radius 3 is 2.65 bits per heavy atom. The van der Waals surface area contributed by atoms with Gasteiger partial charge in [0.05, 0.1) is 18.2 Å². The first-order chi connectivity index (χ1) is 9.51. The summed E-state index contributed by atoms with van der Waals surface area (Å²) in [7, 11) is 0. The monoisotopic (exact) mass is 281 g/mol. The standard InChI is InChI=1S/C16H27NO3/c1-5-14(6-2)20-15-10-11(3)9-13(7-8-18)16(15)17-12(4)19/h8,10,13-16H,5-7,9H2,1-4H3,(H,17,19)/t13-,15+,16+/m0/s1. The average Bonchev–Trinajstić information content (AvgIpc) is 2.39. The minimum Gasteiger partial charge on any atom is -0.369 e. The van der Waals surface area contributed by atoms with Gasteiger partial charge in [0, 0.05) is 13.3 Å². The second-order valence-corrected chi connectivity index (χ2v) is 5.65. The van der Waals surface area contributed by atoms with E-state index in [-0.39, 0.29) is 30.1 Å². The maximum atomic E-state index is 11.4. The molecule has 1 aliphatic rings. The fraction of sp³-hybridized carbons (Fsp3) is 0.750. The van der Waals surface area contributed by atoms with E-state index in [4.69, 9.17) is 4.74 Å². The summed E-state index contributed by atoms with van der Waals surface area (Å²) in [4.78, 5) is 22.3. The van der Waals surface area contributed by atoms with E-state index in [0.717, 1.165) is 25.5 Å². The molecule has 0 aromatic rings. The molecular weight excluding hydrogens is 254 g/mol. The van der Waals surface area contributed by atoms with Crippen molar-refractivity contribution in [1.29, 1.82) is 0 Å². The Bertz CT molecular complexity index is 361. The van der Waals surface area contributed by atoms with Crippen molar-refractivity contribution in [1.82, 2.24) is 5.32 Å². The fourth-order valence-corrected chi connectivity index (χ4v) is 2.88. The van der Waals surface area contributed by atoms with E-state index in [0.29, 0.717) is 6.42 Å². The number of aldehydes is 1. The summed E-state index contributed by atoms with van der Waals surface area (Å²) in [5.74, 6) is 0.0535. The number of hydrogen-bond donors (Lipinski definition) is 1. The molecule has 0 aromatic carbocycles. The van der Waals surface area contributed by atoms with Crippen LogP contribution in [0.5, 0.6) is 0 Å². The molecule has 0 spiro atoms. The van der Waals surface area contributed by atoms with Crippen LogP contribution in [0.4, 0.5) is 0 Å². The van der Waals surface area contributed by atoms with Gasteiger partial charge in [0.2, 0.25) is 5.91 Å². The van der Waals surface area contributed by atoms with Gasteiger partial charge in [-0.05, 0) is 32.1 Å².